The van der Waals surface area contributed by atoms with E-state index in [1.54, 1.807) is 0 Å². The molecule has 0 radical (unpaired) electrons. The number of unbranched alkanes of at least 4 members (excludes halogenated alkanes) is 5. The van der Waals surface area contributed by atoms with E-state index in [1.807, 2.05) is 0 Å². The van der Waals surface area contributed by atoms with Crippen LogP contribution in [0.1, 0.15) is 72.1 Å². The lowest BCUT2D eigenvalue weighted by Crippen LogP contribution is -2.31. The van der Waals surface area contributed by atoms with Gasteiger partial charge in [0.15, 0.2) is 0 Å². The molecule has 0 N–H and O–H groups in total. The highest BCUT2D eigenvalue weighted by molar-refractivity contribution is 6.86. The van der Waals surface area contributed by atoms with Crippen LogP contribution < -0.4 is 0 Å². The molecular weight excluding hydrogens is 258 g/mol. The van der Waals surface area contributed by atoms with Crippen molar-refractivity contribution in [2.75, 3.05) is 6.54 Å². The molecule has 0 atom stereocenters. The van der Waals surface area contributed by atoms with Crippen LogP contribution in [0, 0.1) is 0 Å². The van der Waals surface area contributed by atoms with Gasteiger partial charge >= 0.3 is 0 Å². The maximum atomic E-state index is 4.65. The first-order chi connectivity index (χ1) is 9.74. The van der Waals surface area contributed by atoms with Gasteiger partial charge in [-0.3, -0.25) is 4.99 Å². The normalized spacial score (nSPS) is 12.2. The number of hydrogen-bond acceptors (Lipinski definition) is 1. The molecule has 0 aliphatic rings. The molecule has 0 aliphatic carbocycles. The molecule has 0 saturated carbocycles. The van der Waals surface area contributed by atoms with Gasteiger partial charge in [-0.1, -0.05) is 77.8 Å². The van der Waals surface area contributed by atoms with E-state index in [0.29, 0.717) is 0 Å². The van der Waals surface area contributed by atoms with Crippen LogP contribution in [-0.4, -0.2) is 20.8 Å². The quantitative estimate of drug-likeness (QED) is 0.199. The van der Waals surface area contributed by atoms with Crippen molar-refractivity contribution in [1.29, 1.82) is 0 Å². The maximum Gasteiger partial charge on any atom is 0.0822 e. The SMILES string of the molecule is C=C[Si](CC=NCCCCCCCC)(CCC)CCC. The Morgan fingerprint density at radius 1 is 0.850 bits per heavy atom. The molecule has 0 heterocycles. The summed E-state index contributed by atoms with van der Waals surface area (Å²) < 4.78 is 0. The van der Waals surface area contributed by atoms with E-state index in [0.717, 1.165) is 6.54 Å². The lowest BCUT2D eigenvalue weighted by atomic mass is 10.1. The summed E-state index contributed by atoms with van der Waals surface area (Å²) >= 11 is 0. The number of aliphatic imine (C=N–C) groups is 1. The average Bonchev–Trinajstić information content (AvgIpc) is 2.46. The molecule has 0 aromatic rings. The molecule has 1 nitrogen and oxygen atoms in total. The monoisotopic (exact) mass is 295 g/mol. The third kappa shape index (κ3) is 9.52. The fourth-order valence-electron chi connectivity index (χ4n) is 2.93. The van der Waals surface area contributed by atoms with Crippen LogP contribution in [0.5, 0.6) is 0 Å². The summed E-state index contributed by atoms with van der Waals surface area (Å²) in [6.07, 6.45) is 13.0. The minimum absolute atomic E-state index is 1.03. The predicted molar refractivity (Wildman–Crippen MR) is 97.7 cm³/mol. The summed E-state index contributed by atoms with van der Waals surface area (Å²) in [5.41, 5.74) is 2.32. The topological polar surface area (TPSA) is 12.4 Å². The summed E-state index contributed by atoms with van der Waals surface area (Å²) in [4.78, 5) is 4.65. The number of hydrogen-bond donors (Lipinski definition) is 0. The van der Waals surface area contributed by atoms with Gasteiger partial charge in [0.1, 0.15) is 0 Å². The minimum atomic E-state index is -1.24. The van der Waals surface area contributed by atoms with E-state index in [9.17, 15) is 0 Å². The van der Waals surface area contributed by atoms with E-state index >= 15 is 0 Å². The third-order valence-corrected chi connectivity index (χ3v) is 9.05. The van der Waals surface area contributed by atoms with Gasteiger partial charge < -0.3 is 0 Å². The first-order valence-electron chi connectivity index (χ1n) is 8.86. The Bertz CT molecular complexity index is 242. The fourth-order valence-corrected chi connectivity index (χ4v) is 6.65. The van der Waals surface area contributed by atoms with Crippen molar-refractivity contribution in [1.82, 2.24) is 0 Å². The highest BCUT2D eigenvalue weighted by Gasteiger charge is 2.25. The van der Waals surface area contributed by atoms with Gasteiger partial charge in [-0.15, -0.1) is 12.3 Å². The summed E-state index contributed by atoms with van der Waals surface area (Å²) in [6.45, 7) is 12.0. The molecule has 0 saturated heterocycles. The Morgan fingerprint density at radius 2 is 1.45 bits per heavy atom. The molecular formula is C18H37NSi. The number of nitrogens with zero attached hydrogens (tertiary/aromatic N) is 1. The minimum Gasteiger partial charge on any atom is -0.298 e. The van der Waals surface area contributed by atoms with Gasteiger partial charge in [-0.2, -0.15) is 0 Å². The summed E-state index contributed by atoms with van der Waals surface area (Å²) in [5, 5.41) is 0. The molecule has 0 fully saturated rings. The molecule has 0 spiro atoms. The van der Waals surface area contributed by atoms with Gasteiger partial charge in [0.05, 0.1) is 8.07 Å². The van der Waals surface area contributed by atoms with Crippen molar-refractivity contribution in [3.8, 4) is 0 Å². The Kier molecular flexibility index (Phi) is 13.3. The van der Waals surface area contributed by atoms with Gasteiger partial charge in [-0.05, 0) is 18.7 Å². The van der Waals surface area contributed by atoms with Crippen LogP contribution in [0.15, 0.2) is 17.3 Å². The van der Waals surface area contributed by atoms with Gasteiger partial charge in [0, 0.05) is 6.54 Å². The second kappa shape index (κ2) is 13.6. The molecule has 20 heavy (non-hydrogen) atoms. The molecule has 0 rings (SSSR count). The molecule has 118 valence electrons. The molecule has 0 aliphatic heterocycles. The van der Waals surface area contributed by atoms with Crippen molar-refractivity contribution in [2.45, 2.75) is 90.3 Å². The zero-order valence-corrected chi connectivity index (χ0v) is 15.3. The lowest BCUT2D eigenvalue weighted by Gasteiger charge is -2.25. The second-order valence-corrected chi connectivity index (χ2v) is 10.7. The molecule has 0 aromatic heterocycles. The summed E-state index contributed by atoms with van der Waals surface area (Å²) in [5.74, 6) is 0. The fraction of sp³-hybridized carbons (Fsp3) is 0.833. The average molecular weight is 296 g/mol. The Hall–Kier alpha value is -0.373. The van der Waals surface area contributed by atoms with Crippen LogP contribution in [0.4, 0.5) is 0 Å². The van der Waals surface area contributed by atoms with Crippen molar-refractivity contribution in [3.05, 3.63) is 12.3 Å². The van der Waals surface area contributed by atoms with E-state index in [-0.39, 0.29) is 0 Å². The van der Waals surface area contributed by atoms with Crippen molar-refractivity contribution in [2.24, 2.45) is 4.99 Å². The van der Waals surface area contributed by atoms with Gasteiger partial charge in [0.25, 0.3) is 0 Å². The standard InChI is InChI=1S/C18H37NSi/c1-5-9-10-11-12-13-14-19-15-18-20(8-4,16-6-2)17-7-3/h8,15H,4-7,9-14,16-18H2,1-3H3. The van der Waals surface area contributed by atoms with Crippen molar-refractivity contribution < 1.29 is 0 Å². The largest absolute Gasteiger partial charge is 0.298 e. The zero-order chi connectivity index (χ0) is 15.1. The van der Waals surface area contributed by atoms with Crippen LogP contribution in [-0.2, 0) is 0 Å². The van der Waals surface area contributed by atoms with Crippen LogP contribution in [0.25, 0.3) is 0 Å². The molecule has 0 aromatic carbocycles. The lowest BCUT2D eigenvalue weighted by molar-refractivity contribution is 0.612. The van der Waals surface area contributed by atoms with Crippen molar-refractivity contribution >= 4 is 14.3 Å². The molecule has 0 unspecified atom stereocenters. The highest BCUT2D eigenvalue weighted by Crippen LogP contribution is 2.24. The van der Waals surface area contributed by atoms with Gasteiger partial charge in [0.2, 0.25) is 0 Å². The second-order valence-electron chi connectivity index (χ2n) is 6.13. The molecule has 0 bridgehead atoms. The van der Waals surface area contributed by atoms with Crippen LogP contribution in [0.3, 0.4) is 0 Å². The van der Waals surface area contributed by atoms with E-state index in [1.165, 1.54) is 69.5 Å². The zero-order valence-electron chi connectivity index (χ0n) is 14.3. The van der Waals surface area contributed by atoms with E-state index in [2.05, 4.69) is 44.3 Å². The van der Waals surface area contributed by atoms with Crippen LogP contribution >= 0.6 is 0 Å². The molecule has 2 heteroatoms. The number of rotatable bonds is 14. The smallest absolute Gasteiger partial charge is 0.0822 e. The highest BCUT2D eigenvalue weighted by atomic mass is 28.3. The first-order valence-corrected chi connectivity index (χ1v) is 11.6. The van der Waals surface area contributed by atoms with Crippen molar-refractivity contribution in [3.63, 3.8) is 0 Å². The molecule has 0 amide bonds. The van der Waals surface area contributed by atoms with E-state index in [4.69, 9.17) is 0 Å². The summed E-state index contributed by atoms with van der Waals surface area (Å²) in [6, 6.07) is 3.98. The Balaban J connectivity index is 3.85. The Labute approximate surface area is 129 Å². The van der Waals surface area contributed by atoms with E-state index < -0.39 is 8.07 Å². The third-order valence-electron chi connectivity index (χ3n) is 4.20. The maximum absolute atomic E-state index is 4.65. The Morgan fingerprint density at radius 3 is 2.00 bits per heavy atom. The summed E-state index contributed by atoms with van der Waals surface area (Å²) in [7, 11) is -1.24. The predicted octanol–water partition coefficient (Wildman–Crippen LogP) is 6.41. The first kappa shape index (κ1) is 19.6. The van der Waals surface area contributed by atoms with Crippen LogP contribution in [0.2, 0.25) is 18.1 Å². The van der Waals surface area contributed by atoms with Gasteiger partial charge in [-0.25, -0.2) is 0 Å².